The number of oxime groups is 1. The van der Waals surface area contributed by atoms with Crippen molar-refractivity contribution in [3.8, 4) is 0 Å². The molecular formula is C17H18N3O. The molecule has 0 atom stereocenters. The minimum atomic E-state index is 0.532. The lowest BCUT2D eigenvalue weighted by molar-refractivity contribution is 0.129. The zero-order valence-corrected chi connectivity index (χ0v) is 11.9. The van der Waals surface area contributed by atoms with Crippen LogP contribution in [0, 0.1) is 6.07 Å². The van der Waals surface area contributed by atoms with Crippen LogP contribution in [0.25, 0.3) is 0 Å². The fourth-order valence-corrected chi connectivity index (χ4v) is 2.36. The maximum atomic E-state index is 5.45. The second kappa shape index (κ2) is 6.88. The fraction of sp³-hybridized carbons (Fsp3) is 0.294. The van der Waals surface area contributed by atoms with Gasteiger partial charge in [-0.25, -0.2) is 4.98 Å². The molecule has 21 heavy (non-hydrogen) atoms. The lowest BCUT2D eigenvalue weighted by Gasteiger charge is -2.28. The van der Waals surface area contributed by atoms with Crippen molar-refractivity contribution in [2.24, 2.45) is 5.16 Å². The molecule has 1 aliphatic rings. The van der Waals surface area contributed by atoms with Crippen molar-refractivity contribution >= 4 is 11.5 Å². The standard InChI is InChI=1S/C17H18N3O/c1-2-6-15(7-3-1)14-21-19-16-9-12-20(13-10-16)17-8-4-5-11-18-17/h1-4,6-8,11H,9-10,12-14H2. The van der Waals surface area contributed by atoms with Gasteiger partial charge in [0.25, 0.3) is 0 Å². The Morgan fingerprint density at radius 3 is 2.67 bits per heavy atom. The molecular weight excluding hydrogens is 262 g/mol. The van der Waals surface area contributed by atoms with E-state index in [4.69, 9.17) is 4.84 Å². The topological polar surface area (TPSA) is 37.7 Å². The van der Waals surface area contributed by atoms with Gasteiger partial charge in [0.1, 0.15) is 12.4 Å². The Morgan fingerprint density at radius 2 is 1.95 bits per heavy atom. The number of hydrogen-bond donors (Lipinski definition) is 0. The number of hydrogen-bond acceptors (Lipinski definition) is 4. The lowest BCUT2D eigenvalue weighted by atomic mass is 10.1. The van der Waals surface area contributed by atoms with E-state index in [0.29, 0.717) is 6.61 Å². The van der Waals surface area contributed by atoms with Crippen LogP contribution in [0.3, 0.4) is 0 Å². The number of pyridine rings is 1. The number of aromatic nitrogens is 1. The van der Waals surface area contributed by atoms with Gasteiger partial charge in [-0.1, -0.05) is 35.5 Å². The molecule has 1 fully saturated rings. The highest BCUT2D eigenvalue weighted by atomic mass is 16.6. The molecule has 107 valence electrons. The van der Waals surface area contributed by atoms with Gasteiger partial charge in [-0.15, -0.1) is 0 Å². The van der Waals surface area contributed by atoms with Crippen LogP contribution in [0.4, 0.5) is 5.82 Å². The molecule has 1 radical (unpaired) electrons. The van der Waals surface area contributed by atoms with Crippen molar-refractivity contribution in [3.63, 3.8) is 0 Å². The first kappa shape index (κ1) is 13.6. The summed E-state index contributed by atoms with van der Waals surface area (Å²) in [5.41, 5.74) is 2.27. The minimum Gasteiger partial charge on any atom is -0.391 e. The summed E-state index contributed by atoms with van der Waals surface area (Å²) in [6, 6.07) is 16.9. The van der Waals surface area contributed by atoms with Crippen LogP contribution >= 0.6 is 0 Å². The molecule has 2 aromatic rings. The summed E-state index contributed by atoms with van der Waals surface area (Å²) in [5.74, 6) is 1.01. The summed E-state index contributed by atoms with van der Waals surface area (Å²) in [6.07, 6.45) is 3.56. The lowest BCUT2D eigenvalue weighted by Crippen LogP contribution is -2.34. The van der Waals surface area contributed by atoms with E-state index < -0.39 is 0 Å². The van der Waals surface area contributed by atoms with Gasteiger partial charge in [0.15, 0.2) is 0 Å². The van der Waals surface area contributed by atoms with Crippen molar-refractivity contribution in [2.75, 3.05) is 18.0 Å². The first-order chi connectivity index (χ1) is 10.4. The monoisotopic (exact) mass is 280 g/mol. The summed E-state index contributed by atoms with van der Waals surface area (Å²) < 4.78 is 0. The summed E-state index contributed by atoms with van der Waals surface area (Å²) in [6.45, 7) is 2.40. The van der Waals surface area contributed by atoms with Crippen LogP contribution in [0.2, 0.25) is 0 Å². The molecule has 4 heteroatoms. The Labute approximate surface area is 125 Å². The quantitative estimate of drug-likeness (QED) is 0.808. The number of nitrogens with zero attached hydrogens (tertiary/aromatic N) is 3. The van der Waals surface area contributed by atoms with E-state index in [1.807, 2.05) is 42.5 Å². The van der Waals surface area contributed by atoms with Gasteiger partial charge in [0.05, 0.1) is 5.71 Å². The highest BCUT2D eigenvalue weighted by Crippen LogP contribution is 2.15. The highest BCUT2D eigenvalue weighted by molar-refractivity contribution is 5.86. The highest BCUT2D eigenvalue weighted by Gasteiger charge is 2.16. The first-order valence-corrected chi connectivity index (χ1v) is 7.20. The van der Waals surface area contributed by atoms with Gasteiger partial charge in [-0.3, -0.25) is 0 Å². The van der Waals surface area contributed by atoms with Crippen LogP contribution in [-0.4, -0.2) is 23.8 Å². The maximum Gasteiger partial charge on any atom is 0.142 e. The molecule has 3 rings (SSSR count). The molecule has 0 spiro atoms. The zero-order valence-electron chi connectivity index (χ0n) is 11.9. The Bertz CT molecular complexity index is 573. The molecule has 0 aliphatic carbocycles. The normalized spacial score (nSPS) is 14.9. The average Bonchev–Trinajstić information content (AvgIpc) is 2.57. The molecule has 1 aromatic heterocycles. The van der Waals surface area contributed by atoms with E-state index in [1.54, 1.807) is 6.20 Å². The number of benzene rings is 1. The molecule has 1 aromatic carbocycles. The van der Waals surface area contributed by atoms with Crippen LogP contribution < -0.4 is 4.90 Å². The summed E-state index contributed by atoms with van der Waals surface area (Å²) in [5, 5.41) is 4.27. The predicted octanol–water partition coefficient (Wildman–Crippen LogP) is 3.05. The molecule has 0 unspecified atom stereocenters. The van der Waals surface area contributed by atoms with Crippen molar-refractivity contribution < 1.29 is 4.84 Å². The Hall–Kier alpha value is -2.36. The Kier molecular flexibility index (Phi) is 4.46. The summed E-state index contributed by atoms with van der Waals surface area (Å²) >= 11 is 0. The summed E-state index contributed by atoms with van der Waals surface area (Å²) in [7, 11) is 0. The third-order valence-electron chi connectivity index (χ3n) is 3.53. The third-order valence-corrected chi connectivity index (χ3v) is 3.53. The summed E-state index contributed by atoms with van der Waals surface area (Å²) in [4.78, 5) is 12.0. The molecule has 1 aliphatic heterocycles. The van der Waals surface area contributed by atoms with Crippen LogP contribution in [0.5, 0.6) is 0 Å². The molecule has 0 N–H and O–H groups in total. The van der Waals surface area contributed by atoms with Crippen molar-refractivity contribution in [1.29, 1.82) is 0 Å². The molecule has 0 amide bonds. The molecule has 4 nitrogen and oxygen atoms in total. The Morgan fingerprint density at radius 1 is 1.14 bits per heavy atom. The van der Waals surface area contributed by atoms with Crippen molar-refractivity contribution in [3.05, 3.63) is 60.3 Å². The smallest absolute Gasteiger partial charge is 0.142 e. The van der Waals surface area contributed by atoms with Crippen LogP contribution in [-0.2, 0) is 11.4 Å². The van der Waals surface area contributed by atoms with Gasteiger partial charge in [-0.2, -0.15) is 0 Å². The number of anilines is 1. The Balaban J connectivity index is 1.48. The van der Waals surface area contributed by atoms with E-state index in [2.05, 4.69) is 21.1 Å². The number of rotatable bonds is 4. The van der Waals surface area contributed by atoms with Gasteiger partial charge in [0.2, 0.25) is 0 Å². The van der Waals surface area contributed by atoms with Crippen LogP contribution in [0.1, 0.15) is 18.4 Å². The van der Waals surface area contributed by atoms with Crippen molar-refractivity contribution in [2.45, 2.75) is 19.4 Å². The molecule has 0 bridgehead atoms. The largest absolute Gasteiger partial charge is 0.391 e. The van der Waals surface area contributed by atoms with Gasteiger partial charge in [0, 0.05) is 38.2 Å². The van der Waals surface area contributed by atoms with Gasteiger partial charge >= 0.3 is 0 Å². The zero-order chi connectivity index (χ0) is 14.3. The molecule has 2 heterocycles. The average molecular weight is 280 g/mol. The van der Waals surface area contributed by atoms with E-state index in [1.165, 1.54) is 0 Å². The van der Waals surface area contributed by atoms with Crippen LogP contribution in [0.15, 0.2) is 53.8 Å². The minimum absolute atomic E-state index is 0.532. The maximum absolute atomic E-state index is 5.45. The second-order valence-corrected chi connectivity index (χ2v) is 5.02. The second-order valence-electron chi connectivity index (χ2n) is 5.02. The van der Waals surface area contributed by atoms with Crippen molar-refractivity contribution in [1.82, 2.24) is 4.98 Å². The molecule has 0 saturated carbocycles. The van der Waals surface area contributed by atoms with Gasteiger partial charge < -0.3 is 9.74 Å². The predicted molar refractivity (Wildman–Crippen MR) is 83.2 cm³/mol. The third kappa shape index (κ3) is 3.81. The van der Waals surface area contributed by atoms with E-state index in [9.17, 15) is 0 Å². The SMILES string of the molecule is [c]1ccc(N2CCC(=NOCc3ccccc3)CC2)nc1. The van der Waals surface area contributed by atoms with E-state index >= 15 is 0 Å². The van der Waals surface area contributed by atoms with Gasteiger partial charge in [-0.05, 0) is 17.7 Å². The van der Waals surface area contributed by atoms with E-state index in [0.717, 1.165) is 43.0 Å². The number of piperidine rings is 1. The fourth-order valence-electron chi connectivity index (χ4n) is 2.36. The van der Waals surface area contributed by atoms with E-state index in [-0.39, 0.29) is 0 Å². The molecule has 1 saturated heterocycles. The first-order valence-electron chi connectivity index (χ1n) is 7.20.